The van der Waals surface area contributed by atoms with Gasteiger partial charge in [0.05, 0.1) is 0 Å². The van der Waals surface area contributed by atoms with Gasteiger partial charge in [-0.1, -0.05) is 0 Å². The van der Waals surface area contributed by atoms with Crippen LogP contribution in [0.15, 0.2) is 0 Å². The molecule has 0 unspecified atom stereocenters. The van der Waals surface area contributed by atoms with E-state index in [1.807, 2.05) is 0 Å². The van der Waals surface area contributed by atoms with Crippen molar-refractivity contribution in [2.45, 2.75) is 0 Å². The Bertz CT molecular complexity index is 27.2. The van der Waals surface area contributed by atoms with Crippen LogP contribution < -0.4 is 0 Å². The smallest absolute Gasteiger partial charge is 0.418 e. The van der Waals surface area contributed by atoms with Crippen LogP contribution in [0.4, 0.5) is 17.3 Å². The van der Waals surface area contributed by atoms with E-state index in [1.54, 1.807) is 0 Å². The van der Waals surface area contributed by atoms with Gasteiger partial charge in [-0.25, -0.2) is 0 Å². The zero-order chi connectivity index (χ0) is 4.50. The molecule has 0 bridgehead atoms. The monoisotopic (exact) mass is 151 g/mol. The van der Waals surface area contributed by atoms with Gasteiger partial charge in [-0.3, -0.25) is 0 Å². The summed E-state index contributed by atoms with van der Waals surface area (Å²) in [5.74, 6) is 0. The summed E-state index contributed by atoms with van der Waals surface area (Å²) in [6, 6.07) is 0. The van der Waals surface area contributed by atoms with Gasteiger partial charge in [0.25, 0.3) is 0 Å². The summed E-state index contributed by atoms with van der Waals surface area (Å²) in [5.41, 5.74) is 0. The van der Waals surface area contributed by atoms with Gasteiger partial charge in [-0.2, -0.15) is 0 Å². The average Bonchev–Trinajstić information content (AvgIpc) is 0.722. The number of hydrogen-bond acceptors (Lipinski definition) is 0. The normalized spacial score (nSPS) is 10.0. The number of halogens is 4. The van der Waals surface area contributed by atoms with Gasteiger partial charge in [0.2, 0.25) is 0 Å². The fourth-order valence-electron chi connectivity index (χ4n) is 0. The SMILES string of the molecule is F[B-](F)(F)F.[Cu].[H+]. The molecule has 0 saturated carbocycles. The molecule has 0 aromatic carbocycles. The number of hydrogen-bond donors (Lipinski definition) is 0. The minimum Gasteiger partial charge on any atom is -0.418 e. The van der Waals surface area contributed by atoms with Gasteiger partial charge >= 0.3 is 8.68 Å². The molecule has 0 heterocycles. The molecule has 0 spiro atoms. The van der Waals surface area contributed by atoms with E-state index in [1.165, 1.54) is 0 Å². The molecule has 0 saturated heterocycles. The van der Waals surface area contributed by atoms with E-state index < -0.39 is 7.25 Å². The average molecular weight is 151 g/mol. The summed E-state index contributed by atoms with van der Waals surface area (Å²) in [6.45, 7) is 0. The quantitative estimate of drug-likeness (QED) is 0.363. The molecule has 0 amide bonds. The van der Waals surface area contributed by atoms with E-state index in [-0.39, 0.29) is 18.5 Å². The summed E-state index contributed by atoms with van der Waals surface area (Å²) in [6.07, 6.45) is 0. The van der Waals surface area contributed by atoms with Crippen molar-refractivity contribution < 1.29 is 35.8 Å². The molecule has 6 heteroatoms. The molecule has 1 radical (unpaired) electrons. The third kappa shape index (κ3) is 507. The Hall–Kier alpha value is 0.304. The van der Waals surface area contributed by atoms with Gasteiger partial charge in [-0.15, -0.1) is 0 Å². The third-order valence-electron chi connectivity index (χ3n) is 0. The Kier molecular flexibility index (Phi) is 3.95. The van der Waals surface area contributed by atoms with Crippen LogP contribution in [0.2, 0.25) is 0 Å². The maximum atomic E-state index is 9.75. The largest absolute Gasteiger partial charge is 1.00 e. The minimum atomic E-state index is -6.00. The first-order chi connectivity index (χ1) is 2.00. The van der Waals surface area contributed by atoms with E-state index in [9.17, 15) is 17.3 Å². The van der Waals surface area contributed by atoms with Crippen molar-refractivity contribution >= 4 is 7.25 Å². The van der Waals surface area contributed by atoms with E-state index in [0.717, 1.165) is 0 Å². The standard InChI is InChI=1S/BF4.Cu/c2-1(3,4)5;/q-1;/p+1. The van der Waals surface area contributed by atoms with Crippen LogP contribution in [-0.4, -0.2) is 7.25 Å². The van der Waals surface area contributed by atoms with Crippen molar-refractivity contribution in [3.8, 4) is 0 Å². The van der Waals surface area contributed by atoms with Crippen molar-refractivity contribution in [1.29, 1.82) is 0 Å². The molecule has 0 rings (SSSR count). The van der Waals surface area contributed by atoms with Crippen LogP contribution in [0.5, 0.6) is 0 Å². The molecule has 0 atom stereocenters. The van der Waals surface area contributed by atoms with Crippen LogP contribution in [0, 0.1) is 0 Å². The maximum absolute atomic E-state index is 9.75. The fourth-order valence-corrected chi connectivity index (χ4v) is 0. The zero-order valence-corrected chi connectivity index (χ0v) is 3.33. The van der Waals surface area contributed by atoms with Gasteiger partial charge < -0.3 is 17.3 Å². The summed E-state index contributed by atoms with van der Waals surface area (Å²) in [7, 11) is -6.00. The van der Waals surface area contributed by atoms with Crippen LogP contribution in [0.25, 0.3) is 0 Å². The van der Waals surface area contributed by atoms with Crippen molar-refractivity contribution in [1.82, 2.24) is 0 Å². The summed E-state index contributed by atoms with van der Waals surface area (Å²) < 4.78 is 39.0. The summed E-state index contributed by atoms with van der Waals surface area (Å²) in [5, 5.41) is 0. The molecule has 0 fully saturated rings. The Morgan fingerprint density at radius 2 is 1.00 bits per heavy atom. The first kappa shape index (κ1) is 9.57. The Balaban J connectivity index is -0.0000000800. The second kappa shape index (κ2) is 2.47. The molecule has 0 aliphatic heterocycles. The molecule has 6 heavy (non-hydrogen) atoms. The Morgan fingerprint density at radius 3 is 1.00 bits per heavy atom. The van der Waals surface area contributed by atoms with E-state index in [2.05, 4.69) is 0 Å². The first-order valence-electron chi connectivity index (χ1n) is 0.873. The van der Waals surface area contributed by atoms with E-state index >= 15 is 0 Å². The Labute approximate surface area is 44.0 Å². The van der Waals surface area contributed by atoms with E-state index in [4.69, 9.17) is 0 Å². The molecule has 0 aromatic rings. The van der Waals surface area contributed by atoms with Crippen LogP contribution in [0.3, 0.4) is 0 Å². The second-order valence-electron chi connectivity index (χ2n) is 0.495. The minimum absolute atomic E-state index is 0. The van der Waals surface area contributed by atoms with E-state index in [0.29, 0.717) is 0 Å². The maximum Gasteiger partial charge on any atom is 1.00 e. The van der Waals surface area contributed by atoms with Crippen LogP contribution in [0.1, 0.15) is 1.43 Å². The fraction of sp³-hybridized carbons (Fsp3) is 0. The van der Waals surface area contributed by atoms with Crippen molar-refractivity contribution in [3.63, 3.8) is 0 Å². The number of rotatable bonds is 0. The second-order valence-corrected chi connectivity index (χ2v) is 0.495. The molecule has 0 N–H and O–H groups in total. The molecule has 0 nitrogen and oxygen atoms in total. The van der Waals surface area contributed by atoms with Crippen molar-refractivity contribution in [3.05, 3.63) is 0 Å². The first-order valence-corrected chi connectivity index (χ1v) is 0.873. The third-order valence-corrected chi connectivity index (χ3v) is 0. The molecule has 43 valence electrons. The molecule has 0 aromatic heterocycles. The Morgan fingerprint density at radius 1 is 1.00 bits per heavy atom. The molecular weight excluding hydrogens is 150 g/mol. The van der Waals surface area contributed by atoms with Gasteiger partial charge in [0.15, 0.2) is 0 Å². The van der Waals surface area contributed by atoms with Crippen LogP contribution in [-0.2, 0) is 17.1 Å². The van der Waals surface area contributed by atoms with Crippen LogP contribution >= 0.6 is 0 Å². The van der Waals surface area contributed by atoms with Crippen molar-refractivity contribution in [2.75, 3.05) is 0 Å². The molecular formula is HBCuF4. The van der Waals surface area contributed by atoms with Gasteiger partial charge in [0, 0.05) is 17.1 Å². The van der Waals surface area contributed by atoms with Crippen molar-refractivity contribution in [2.24, 2.45) is 0 Å². The summed E-state index contributed by atoms with van der Waals surface area (Å²) in [4.78, 5) is 0. The van der Waals surface area contributed by atoms with Gasteiger partial charge in [0.1, 0.15) is 0 Å². The zero-order valence-electron chi connectivity index (χ0n) is 3.39. The van der Waals surface area contributed by atoms with Gasteiger partial charge in [-0.05, 0) is 0 Å². The predicted molar refractivity (Wildman–Crippen MR) is 11.3 cm³/mol. The topological polar surface area (TPSA) is 0 Å². The molecule has 0 aliphatic rings. The summed E-state index contributed by atoms with van der Waals surface area (Å²) >= 11 is 0. The predicted octanol–water partition coefficient (Wildman–Crippen LogP) is 1.41. The molecule has 0 aliphatic carbocycles.